The first kappa shape index (κ1) is 22.2. The molecule has 0 saturated heterocycles. The minimum absolute atomic E-state index is 0.223. The Kier molecular flexibility index (Phi) is 6.80. The van der Waals surface area contributed by atoms with Crippen molar-refractivity contribution < 1.29 is 14.3 Å². The fourth-order valence-corrected chi connectivity index (χ4v) is 3.84. The third kappa shape index (κ3) is 5.45. The van der Waals surface area contributed by atoms with Gasteiger partial charge in [0.15, 0.2) is 0 Å². The lowest BCUT2D eigenvalue weighted by atomic mass is 9.98. The highest BCUT2D eigenvalue weighted by atomic mass is 19.1. The summed E-state index contributed by atoms with van der Waals surface area (Å²) in [6, 6.07) is 28.2. The molecular weight excluding hydrogens is 411 g/mol. The second-order valence-corrected chi connectivity index (χ2v) is 8.02. The summed E-state index contributed by atoms with van der Waals surface area (Å²) in [4.78, 5) is 11.7. The number of carbonyl (C=O) groups is 1. The molecule has 0 spiro atoms. The van der Waals surface area contributed by atoms with Gasteiger partial charge in [-0.3, -0.25) is 0 Å². The van der Waals surface area contributed by atoms with Gasteiger partial charge >= 0.3 is 5.97 Å². The molecule has 2 nitrogen and oxygen atoms in total. The van der Waals surface area contributed by atoms with Crippen LogP contribution in [0, 0.1) is 5.82 Å². The van der Waals surface area contributed by atoms with Gasteiger partial charge in [-0.25, -0.2) is 9.18 Å². The summed E-state index contributed by atoms with van der Waals surface area (Å²) in [5, 5.41) is 9.59. The van der Waals surface area contributed by atoms with Crippen LogP contribution in [-0.4, -0.2) is 11.1 Å². The van der Waals surface area contributed by atoms with E-state index in [9.17, 15) is 14.3 Å². The van der Waals surface area contributed by atoms with Crippen molar-refractivity contribution in [2.45, 2.75) is 19.8 Å². The molecule has 0 bridgehead atoms. The molecule has 4 aromatic rings. The molecule has 1 N–H and O–H groups in total. The minimum atomic E-state index is -0.984. The van der Waals surface area contributed by atoms with Gasteiger partial charge in [0.05, 0.1) is 5.56 Å². The topological polar surface area (TPSA) is 37.3 Å². The van der Waals surface area contributed by atoms with E-state index in [0.717, 1.165) is 35.1 Å². The molecule has 0 radical (unpaired) electrons. The maximum atomic E-state index is 13.3. The maximum Gasteiger partial charge on any atom is 0.336 e. The van der Waals surface area contributed by atoms with Crippen LogP contribution in [0.5, 0.6) is 0 Å². The van der Waals surface area contributed by atoms with E-state index in [1.165, 1.54) is 23.3 Å². The summed E-state index contributed by atoms with van der Waals surface area (Å²) >= 11 is 0. The fourth-order valence-electron chi connectivity index (χ4n) is 3.84. The van der Waals surface area contributed by atoms with Gasteiger partial charge in [0.2, 0.25) is 0 Å². The average molecular weight is 437 g/mol. The number of benzene rings is 4. The van der Waals surface area contributed by atoms with E-state index < -0.39 is 5.97 Å². The first-order valence-electron chi connectivity index (χ1n) is 11.0. The van der Waals surface area contributed by atoms with Crippen molar-refractivity contribution in [3.05, 3.63) is 119 Å². The zero-order valence-electron chi connectivity index (χ0n) is 18.5. The summed E-state index contributed by atoms with van der Waals surface area (Å²) in [5.74, 6) is -1.29. The van der Waals surface area contributed by atoms with Crippen LogP contribution in [0.4, 0.5) is 4.39 Å². The summed E-state index contributed by atoms with van der Waals surface area (Å²) in [6.45, 7) is 2.18. The highest BCUT2D eigenvalue weighted by Crippen LogP contribution is 2.26. The predicted octanol–water partition coefficient (Wildman–Crippen LogP) is 7.98. The van der Waals surface area contributed by atoms with Crippen molar-refractivity contribution in [3.8, 4) is 22.3 Å². The average Bonchev–Trinajstić information content (AvgIpc) is 2.84. The predicted molar refractivity (Wildman–Crippen MR) is 134 cm³/mol. The van der Waals surface area contributed by atoms with Crippen molar-refractivity contribution in [2.24, 2.45) is 0 Å². The van der Waals surface area contributed by atoms with Gasteiger partial charge in [-0.15, -0.1) is 0 Å². The standard InChI is InChI=1S/C30H25FO2/c1-2-3-21-4-9-23(10-5-21)24-11-6-22(7-12-24)8-13-27-20-26(16-19-29(27)30(32)33)25-14-17-28(31)18-15-25/h4-20H,2-3H2,1H3,(H,32,33). The van der Waals surface area contributed by atoms with E-state index in [0.29, 0.717) is 5.56 Å². The monoisotopic (exact) mass is 436 g/mol. The molecule has 33 heavy (non-hydrogen) atoms. The SMILES string of the molecule is CCCc1ccc(-c2ccc(C=Cc3cc(-c4ccc(F)cc4)ccc3C(=O)O)cc2)cc1. The third-order valence-electron chi connectivity index (χ3n) is 5.65. The van der Waals surface area contributed by atoms with Gasteiger partial charge in [0, 0.05) is 0 Å². The molecule has 0 saturated carbocycles. The van der Waals surface area contributed by atoms with Crippen molar-refractivity contribution in [3.63, 3.8) is 0 Å². The first-order chi connectivity index (χ1) is 16.0. The van der Waals surface area contributed by atoms with Crippen molar-refractivity contribution in [1.82, 2.24) is 0 Å². The molecule has 3 heteroatoms. The summed E-state index contributed by atoms with van der Waals surface area (Å²) in [7, 11) is 0. The highest BCUT2D eigenvalue weighted by Gasteiger charge is 2.10. The van der Waals surface area contributed by atoms with E-state index >= 15 is 0 Å². The van der Waals surface area contributed by atoms with Gasteiger partial charge in [-0.2, -0.15) is 0 Å². The molecule has 0 heterocycles. The maximum absolute atomic E-state index is 13.3. The lowest BCUT2D eigenvalue weighted by Crippen LogP contribution is -1.99. The molecule has 0 aliphatic carbocycles. The Hall–Kier alpha value is -3.98. The van der Waals surface area contributed by atoms with Crippen molar-refractivity contribution in [1.29, 1.82) is 0 Å². The Balaban J connectivity index is 1.58. The van der Waals surface area contributed by atoms with E-state index in [-0.39, 0.29) is 11.4 Å². The summed E-state index contributed by atoms with van der Waals surface area (Å²) in [6.07, 6.45) is 5.94. The molecule has 4 rings (SSSR count). The molecule has 0 unspecified atom stereocenters. The Bertz CT molecular complexity index is 1270. The van der Waals surface area contributed by atoms with Gasteiger partial charge in [-0.05, 0) is 69.6 Å². The van der Waals surface area contributed by atoms with Crippen LogP contribution in [0.2, 0.25) is 0 Å². The fraction of sp³-hybridized carbons (Fsp3) is 0.100. The zero-order valence-corrected chi connectivity index (χ0v) is 18.5. The lowest BCUT2D eigenvalue weighted by Gasteiger charge is -2.07. The summed E-state index contributed by atoms with van der Waals surface area (Å²) in [5.41, 5.74) is 7.12. The van der Waals surface area contributed by atoms with Crippen LogP contribution in [0.1, 0.15) is 40.4 Å². The van der Waals surface area contributed by atoms with Crippen molar-refractivity contribution >= 4 is 18.1 Å². The van der Waals surface area contributed by atoms with Gasteiger partial charge < -0.3 is 5.11 Å². The zero-order chi connectivity index (χ0) is 23.2. The second-order valence-electron chi connectivity index (χ2n) is 8.02. The Labute approximate surface area is 193 Å². The Morgan fingerprint density at radius 1 is 0.758 bits per heavy atom. The van der Waals surface area contributed by atoms with Crippen molar-refractivity contribution in [2.75, 3.05) is 0 Å². The minimum Gasteiger partial charge on any atom is -0.478 e. The quantitative estimate of drug-likeness (QED) is 0.298. The van der Waals surface area contributed by atoms with E-state index in [1.54, 1.807) is 24.3 Å². The third-order valence-corrected chi connectivity index (χ3v) is 5.65. The molecule has 0 aliphatic rings. The molecular formula is C30H25FO2. The van der Waals surface area contributed by atoms with Gasteiger partial charge in [0.25, 0.3) is 0 Å². The van der Waals surface area contributed by atoms with E-state index in [2.05, 4.69) is 43.3 Å². The number of halogens is 1. The number of carboxylic acids is 1. The van der Waals surface area contributed by atoms with Crippen LogP contribution >= 0.6 is 0 Å². The number of aryl methyl sites for hydroxylation is 1. The number of hydrogen-bond donors (Lipinski definition) is 1. The molecule has 0 aromatic heterocycles. The molecule has 4 aromatic carbocycles. The normalized spacial score (nSPS) is 11.1. The Morgan fingerprint density at radius 2 is 1.30 bits per heavy atom. The van der Waals surface area contributed by atoms with E-state index in [4.69, 9.17) is 0 Å². The second kappa shape index (κ2) is 10.1. The van der Waals surface area contributed by atoms with Gasteiger partial charge in [-0.1, -0.05) is 92.2 Å². The number of carboxylic acid groups (broad SMARTS) is 1. The molecule has 0 fully saturated rings. The number of aromatic carboxylic acids is 1. The van der Waals surface area contributed by atoms with Gasteiger partial charge in [0.1, 0.15) is 5.82 Å². The van der Waals surface area contributed by atoms with Crippen LogP contribution < -0.4 is 0 Å². The van der Waals surface area contributed by atoms with E-state index in [1.807, 2.05) is 30.4 Å². The largest absolute Gasteiger partial charge is 0.478 e. The van der Waals surface area contributed by atoms with Crippen LogP contribution in [0.15, 0.2) is 91.0 Å². The Morgan fingerprint density at radius 3 is 1.91 bits per heavy atom. The molecule has 0 atom stereocenters. The number of rotatable bonds is 7. The van der Waals surface area contributed by atoms with Crippen LogP contribution in [0.3, 0.4) is 0 Å². The number of hydrogen-bond acceptors (Lipinski definition) is 1. The molecule has 164 valence electrons. The first-order valence-corrected chi connectivity index (χ1v) is 11.0. The van der Waals surface area contributed by atoms with Crippen LogP contribution in [-0.2, 0) is 6.42 Å². The molecule has 0 aliphatic heterocycles. The summed E-state index contributed by atoms with van der Waals surface area (Å²) < 4.78 is 13.3. The molecule has 0 amide bonds. The smallest absolute Gasteiger partial charge is 0.336 e. The highest BCUT2D eigenvalue weighted by molar-refractivity contribution is 5.94. The lowest BCUT2D eigenvalue weighted by molar-refractivity contribution is 0.0696. The van der Waals surface area contributed by atoms with Crippen LogP contribution in [0.25, 0.3) is 34.4 Å².